The molecule has 4 nitrogen and oxygen atoms in total. The first kappa shape index (κ1) is 16.0. The van der Waals surface area contributed by atoms with Crippen LogP contribution in [0.25, 0.3) is 0 Å². The SMILES string of the molecule is CCOC(=O)C1CC(C)N(C(C)c2ccccc2)CC1O. The zero-order valence-corrected chi connectivity index (χ0v) is 13.0. The van der Waals surface area contributed by atoms with E-state index < -0.39 is 12.0 Å². The van der Waals surface area contributed by atoms with Crippen LogP contribution in [0.1, 0.15) is 38.8 Å². The standard InChI is InChI=1S/C17H25NO3/c1-4-21-17(20)15-10-12(2)18(11-16(15)19)13(3)14-8-6-5-7-9-14/h5-9,12-13,15-16,19H,4,10-11H2,1-3H3. The van der Waals surface area contributed by atoms with Gasteiger partial charge in [0.15, 0.2) is 0 Å². The molecule has 0 saturated carbocycles. The fraction of sp³-hybridized carbons (Fsp3) is 0.588. The minimum absolute atomic E-state index is 0.221. The van der Waals surface area contributed by atoms with Crippen molar-refractivity contribution in [2.45, 2.75) is 45.4 Å². The molecule has 1 aromatic carbocycles. The topological polar surface area (TPSA) is 49.8 Å². The molecule has 116 valence electrons. The van der Waals surface area contributed by atoms with Gasteiger partial charge in [-0.2, -0.15) is 0 Å². The second-order valence-corrected chi connectivity index (χ2v) is 5.79. The number of hydrogen-bond acceptors (Lipinski definition) is 4. The molecule has 4 heteroatoms. The Morgan fingerprint density at radius 2 is 2.10 bits per heavy atom. The summed E-state index contributed by atoms with van der Waals surface area (Å²) in [6, 6.07) is 10.7. The van der Waals surface area contributed by atoms with Crippen molar-refractivity contribution < 1.29 is 14.6 Å². The molecule has 0 aromatic heterocycles. The number of ether oxygens (including phenoxy) is 1. The number of rotatable bonds is 4. The van der Waals surface area contributed by atoms with E-state index in [-0.39, 0.29) is 18.1 Å². The van der Waals surface area contributed by atoms with Crippen LogP contribution in [0.5, 0.6) is 0 Å². The number of hydrogen-bond donors (Lipinski definition) is 1. The lowest BCUT2D eigenvalue weighted by Gasteiger charge is -2.43. The third-order valence-electron chi connectivity index (χ3n) is 4.39. The van der Waals surface area contributed by atoms with Gasteiger partial charge in [0.05, 0.1) is 18.6 Å². The van der Waals surface area contributed by atoms with E-state index in [1.165, 1.54) is 5.56 Å². The van der Waals surface area contributed by atoms with Crippen LogP contribution in [-0.4, -0.2) is 41.3 Å². The molecular formula is C17H25NO3. The zero-order valence-electron chi connectivity index (χ0n) is 13.0. The fourth-order valence-corrected chi connectivity index (χ4v) is 3.15. The number of carbonyl (C=O) groups is 1. The number of likely N-dealkylation sites (tertiary alicyclic amines) is 1. The summed E-state index contributed by atoms with van der Waals surface area (Å²) in [6.07, 6.45) is -0.0246. The third kappa shape index (κ3) is 3.63. The van der Waals surface area contributed by atoms with Gasteiger partial charge in [0.1, 0.15) is 0 Å². The molecule has 1 heterocycles. The van der Waals surface area contributed by atoms with E-state index >= 15 is 0 Å². The molecule has 0 amide bonds. The maximum absolute atomic E-state index is 11.9. The Hall–Kier alpha value is -1.39. The Morgan fingerprint density at radius 3 is 2.71 bits per heavy atom. The van der Waals surface area contributed by atoms with E-state index in [1.54, 1.807) is 6.92 Å². The molecule has 1 N–H and O–H groups in total. The Balaban J connectivity index is 2.06. The minimum atomic E-state index is -0.661. The van der Waals surface area contributed by atoms with Crippen LogP contribution >= 0.6 is 0 Å². The van der Waals surface area contributed by atoms with E-state index in [9.17, 15) is 9.90 Å². The van der Waals surface area contributed by atoms with Crippen molar-refractivity contribution in [3.63, 3.8) is 0 Å². The molecule has 2 rings (SSSR count). The van der Waals surface area contributed by atoms with Crippen molar-refractivity contribution in [1.29, 1.82) is 0 Å². The maximum atomic E-state index is 11.9. The first-order valence-corrected chi connectivity index (χ1v) is 7.70. The van der Waals surface area contributed by atoms with Crippen molar-refractivity contribution in [3.8, 4) is 0 Å². The van der Waals surface area contributed by atoms with Gasteiger partial charge in [-0.3, -0.25) is 9.69 Å². The molecule has 0 bridgehead atoms. The predicted molar refractivity (Wildman–Crippen MR) is 81.8 cm³/mol. The van der Waals surface area contributed by atoms with Crippen molar-refractivity contribution in [1.82, 2.24) is 4.90 Å². The van der Waals surface area contributed by atoms with Gasteiger partial charge in [-0.1, -0.05) is 30.3 Å². The van der Waals surface area contributed by atoms with Gasteiger partial charge in [0, 0.05) is 18.6 Å². The molecule has 1 saturated heterocycles. The molecule has 21 heavy (non-hydrogen) atoms. The lowest BCUT2D eigenvalue weighted by molar-refractivity contribution is -0.157. The summed E-state index contributed by atoms with van der Waals surface area (Å²) in [5, 5.41) is 10.3. The Morgan fingerprint density at radius 1 is 1.43 bits per heavy atom. The minimum Gasteiger partial charge on any atom is -0.466 e. The summed E-state index contributed by atoms with van der Waals surface area (Å²) < 4.78 is 5.06. The normalized spacial score (nSPS) is 28.1. The number of piperidine rings is 1. The number of esters is 1. The molecule has 0 aliphatic carbocycles. The largest absolute Gasteiger partial charge is 0.466 e. The van der Waals surface area contributed by atoms with Crippen LogP contribution < -0.4 is 0 Å². The van der Waals surface area contributed by atoms with Gasteiger partial charge in [0.25, 0.3) is 0 Å². The lowest BCUT2D eigenvalue weighted by atomic mass is 9.87. The Labute approximate surface area is 126 Å². The molecule has 1 aliphatic heterocycles. The highest BCUT2D eigenvalue weighted by molar-refractivity contribution is 5.73. The highest BCUT2D eigenvalue weighted by Crippen LogP contribution is 2.31. The molecule has 4 unspecified atom stereocenters. The highest BCUT2D eigenvalue weighted by atomic mass is 16.5. The van der Waals surface area contributed by atoms with Crippen LogP contribution in [-0.2, 0) is 9.53 Å². The van der Waals surface area contributed by atoms with Gasteiger partial charge >= 0.3 is 5.97 Å². The van der Waals surface area contributed by atoms with Gasteiger partial charge in [-0.15, -0.1) is 0 Å². The quantitative estimate of drug-likeness (QED) is 0.865. The monoisotopic (exact) mass is 291 g/mol. The molecule has 4 atom stereocenters. The summed E-state index contributed by atoms with van der Waals surface area (Å²) in [7, 11) is 0. The number of carbonyl (C=O) groups excluding carboxylic acids is 1. The summed E-state index contributed by atoms with van der Waals surface area (Å²) in [5.74, 6) is -0.678. The summed E-state index contributed by atoms with van der Waals surface area (Å²) in [6.45, 7) is 6.91. The summed E-state index contributed by atoms with van der Waals surface area (Å²) >= 11 is 0. The van der Waals surface area contributed by atoms with Crippen molar-refractivity contribution in [2.75, 3.05) is 13.2 Å². The number of β-amino-alcohol motifs (C(OH)–C–C–N with tert-alkyl or cyclic N) is 1. The maximum Gasteiger partial charge on any atom is 0.311 e. The first-order chi connectivity index (χ1) is 10.0. The Bertz CT molecular complexity index is 462. The van der Waals surface area contributed by atoms with Crippen LogP contribution in [0.3, 0.4) is 0 Å². The van der Waals surface area contributed by atoms with Crippen molar-refractivity contribution >= 4 is 5.97 Å². The third-order valence-corrected chi connectivity index (χ3v) is 4.39. The van der Waals surface area contributed by atoms with E-state index in [4.69, 9.17) is 4.74 Å². The van der Waals surface area contributed by atoms with Gasteiger partial charge < -0.3 is 9.84 Å². The highest BCUT2D eigenvalue weighted by Gasteiger charge is 2.39. The van der Waals surface area contributed by atoms with Crippen molar-refractivity contribution in [3.05, 3.63) is 35.9 Å². The van der Waals surface area contributed by atoms with E-state index in [2.05, 4.69) is 30.9 Å². The molecule has 1 aliphatic rings. The fourth-order valence-electron chi connectivity index (χ4n) is 3.15. The molecule has 1 aromatic rings. The smallest absolute Gasteiger partial charge is 0.311 e. The van der Waals surface area contributed by atoms with E-state index in [1.807, 2.05) is 18.2 Å². The van der Waals surface area contributed by atoms with Gasteiger partial charge in [-0.05, 0) is 32.8 Å². The average Bonchev–Trinajstić information content (AvgIpc) is 2.49. The second kappa shape index (κ2) is 7.05. The number of aliphatic hydroxyl groups is 1. The summed E-state index contributed by atoms with van der Waals surface area (Å²) in [4.78, 5) is 14.2. The Kier molecular flexibility index (Phi) is 5.37. The predicted octanol–water partition coefficient (Wildman–Crippen LogP) is 2.38. The number of benzene rings is 1. The van der Waals surface area contributed by atoms with Crippen LogP contribution in [0.4, 0.5) is 0 Å². The zero-order chi connectivity index (χ0) is 15.4. The average molecular weight is 291 g/mol. The molecule has 0 radical (unpaired) electrons. The second-order valence-electron chi connectivity index (χ2n) is 5.79. The van der Waals surface area contributed by atoms with Gasteiger partial charge in [0.2, 0.25) is 0 Å². The first-order valence-electron chi connectivity index (χ1n) is 7.70. The van der Waals surface area contributed by atoms with E-state index in [0.717, 1.165) is 0 Å². The molecular weight excluding hydrogens is 266 g/mol. The number of aliphatic hydroxyl groups excluding tert-OH is 1. The molecule has 0 spiro atoms. The van der Waals surface area contributed by atoms with Crippen molar-refractivity contribution in [2.24, 2.45) is 5.92 Å². The van der Waals surface area contributed by atoms with E-state index in [0.29, 0.717) is 19.6 Å². The van der Waals surface area contributed by atoms with Crippen LogP contribution in [0.2, 0.25) is 0 Å². The molecule has 1 fully saturated rings. The number of nitrogens with zero attached hydrogens (tertiary/aromatic N) is 1. The van der Waals surface area contributed by atoms with Gasteiger partial charge in [-0.25, -0.2) is 0 Å². The van der Waals surface area contributed by atoms with Crippen LogP contribution in [0, 0.1) is 5.92 Å². The lowest BCUT2D eigenvalue weighted by Crippen LogP contribution is -2.51. The van der Waals surface area contributed by atoms with Crippen LogP contribution in [0.15, 0.2) is 30.3 Å². The summed E-state index contributed by atoms with van der Waals surface area (Å²) in [5.41, 5.74) is 1.23.